The van der Waals surface area contributed by atoms with E-state index in [1.54, 1.807) is 0 Å². The maximum Gasteiger partial charge on any atom is 0.160 e. The number of hydrogen-bond acceptors (Lipinski definition) is 5. The molecule has 6 nitrogen and oxygen atoms in total. The standard InChI is InChI=1S/C20H19N5O/c1-2-5-17-15(4-1)8-14(10-23-17)9-21-11-16-12-26-13-19-24-18-6-3-7-22-20(18)25(16)19/h1-8,10,16,21H,9,11-13H2/t16-/m0/s1. The van der Waals surface area contributed by atoms with Gasteiger partial charge in [0.15, 0.2) is 5.65 Å². The molecule has 0 amide bonds. The highest BCUT2D eigenvalue weighted by Crippen LogP contribution is 2.24. The normalized spacial score (nSPS) is 16.8. The summed E-state index contributed by atoms with van der Waals surface area (Å²) in [5.41, 5.74) is 4.06. The van der Waals surface area contributed by atoms with E-state index >= 15 is 0 Å². The van der Waals surface area contributed by atoms with Gasteiger partial charge in [-0.05, 0) is 29.8 Å². The molecule has 0 spiro atoms. The first kappa shape index (κ1) is 15.4. The number of nitrogens with zero attached hydrogens (tertiary/aromatic N) is 4. The van der Waals surface area contributed by atoms with E-state index in [4.69, 9.17) is 4.74 Å². The number of fused-ring (bicyclic) bond motifs is 4. The lowest BCUT2D eigenvalue weighted by Gasteiger charge is -2.26. The number of aromatic nitrogens is 4. The molecule has 0 bridgehead atoms. The van der Waals surface area contributed by atoms with Crippen LogP contribution in [0.3, 0.4) is 0 Å². The van der Waals surface area contributed by atoms with Gasteiger partial charge in [-0.25, -0.2) is 9.97 Å². The maximum absolute atomic E-state index is 5.74. The molecule has 1 aliphatic rings. The van der Waals surface area contributed by atoms with Crippen LogP contribution in [0.25, 0.3) is 22.1 Å². The van der Waals surface area contributed by atoms with Gasteiger partial charge in [0.05, 0.1) is 18.2 Å². The third-order valence-electron chi connectivity index (χ3n) is 4.78. The molecule has 4 aromatic rings. The number of nitrogens with one attached hydrogen (secondary N) is 1. The van der Waals surface area contributed by atoms with Crippen LogP contribution < -0.4 is 5.32 Å². The molecular weight excluding hydrogens is 326 g/mol. The lowest BCUT2D eigenvalue weighted by atomic mass is 10.1. The second-order valence-electron chi connectivity index (χ2n) is 6.58. The number of benzene rings is 1. The Bertz CT molecular complexity index is 1070. The molecule has 1 atom stereocenters. The fourth-order valence-electron chi connectivity index (χ4n) is 3.57. The molecule has 4 heterocycles. The Kier molecular flexibility index (Phi) is 3.84. The number of ether oxygens (including phenoxy) is 1. The smallest absolute Gasteiger partial charge is 0.160 e. The van der Waals surface area contributed by atoms with Crippen LogP contribution in [0, 0.1) is 0 Å². The number of rotatable bonds is 4. The van der Waals surface area contributed by atoms with E-state index in [-0.39, 0.29) is 6.04 Å². The van der Waals surface area contributed by atoms with Gasteiger partial charge in [0.2, 0.25) is 0 Å². The Labute approximate surface area is 150 Å². The van der Waals surface area contributed by atoms with Crippen LogP contribution in [-0.2, 0) is 17.9 Å². The minimum atomic E-state index is 0.187. The fraction of sp³-hybridized carbons (Fsp3) is 0.250. The van der Waals surface area contributed by atoms with Crippen LogP contribution in [-0.4, -0.2) is 32.7 Å². The molecule has 0 fully saturated rings. The SMILES string of the molecule is c1ccc2ncc(CNC[C@H]3COCc4nc5cccnc5n43)cc2c1. The first-order valence-electron chi connectivity index (χ1n) is 8.82. The third-order valence-corrected chi connectivity index (χ3v) is 4.78. The molecule has 1 N–H and O–H groups in total. The van der Waals surface area contributed by atoms with Gasteiger partial charge in [-0.1, -0.05) is 18.2 Å². The van der Waals surface area contributed by atoms with Gasteiger partial charge in [0, 0.05) is 30.9 Å². The van der Waals surface area contributed by atoms with Gasteiger partial charge in [-0.15, -0.1) is 0 Å². The molecule has 6 heteroatoms. The lowest BCUT2D eigenvalue weighted by Crippen LogP contribution is -2.32. The Hall–Kier alpha value is -2.83. The molecular formula is C20H19N5O. The summed E-state index contributed by atoms with van der Waals surface area (Å²) in [5.74, 6) is 0.948. The molecule has 0 unspecified atom stereocenters. The summed E-state index contributed by atoms with van der Waals surface area (Å²) in [6, 6.07) is 14.5. The van der Waals surface area contributed by atoms with E-state index in [0.29, 0.717) is 13.2 Å². The largest absolute Gasteiger partial charge is 0.371 e. The monoisotopic (exact) mass is 345 g/mol. The van der Waals surface area contributed by atoms with Crippen molar-refractivity contribution in [3.8, 4) is 0 Å². The van der Waals surface area contributed by atoms with Gasteiger partial charge in [0.1, 0.15) is 17.9 Å². The minimum absolute atomic E-state index is 0.187. The zero-order valence-corrected chi connectivity index (χ0v) is 14.3. The zero-order valence-electron chi connectivity index (χ0n) is 14.3. The molecule has 1 aliphatic heterocycles. The molecule has 1 aromatic carbocycles. The van der Waals surface area contributed by atoms with Gasteiger partial charge in [0.25, 0.3) is 0 Å². The summed E-state index contributed by atoms with van der Waals surface area (Å²) in [6.45, 7) is 2.77. The summed E-state index contributed by atoms with van der Waals surface area (Å²) in [4.78, 5) is 13.7. The predicted molar refractivity (Wildman–Crippen MR) is 99.7 cm³/mol. The summed E-state index contributed by atoms with van der Waals surface area (Å²) in [6.07, 6.45) is 3.75. The second-order valence-corrected chi connectivity index (χ2v) is 6.58. The first-order chi connectivity index (χ1) is 12.9. The Morgan fingerprint density at radius 2 is 2.04 bits per heavy atom. The van der Waals surface area contributed by atoms with Crippen LogP contribution in [0.1, 0.15) is 17.4 Å². The number of imidazole rings is 1. The van der Waals surface area contributed by atoms with Crippen molar-refractivity contribution < 1.29 is 4.74 Å². The van der Waals surface area contributed by atoms with Crippen molar-refractivity contribution in [1.82, 2.24) is 24.8 Å². The van der Waals surface area contributed by atoms with E-state index in [1.165, 1.54) is 10.9 Å². The first-order valence-corrected chi connectivity index (χ1v) is 8.82. The fourth-order valence-corrected chi connectivity index (χ4v) is 3.57. The van der Waals surface area contributed by atoms with Crippen LogP contribution in [0.5, 0.6) is 0 Å². The van der Waals surface area contributed by atoms with Gasteiger partial charge in [-0.2, -0.15) is 0 Å². The van der Waals surface area contributed by atoms with Crippen molar-refractivity contribution in [1.29, 1.82) is 0 Å². The van der Waals surface area contributed by atoms with Gasteiger partial charge < -0.3 is 14.6 Å². The average molecular weight is 345 g/mol. The van der Waals surface area contributed by atoms with Crippen molar-refractivity contribution >= 4 is 22.1 Å². The summed E-state index contributed by atoms with van der Waals surface area (Å²) in [7, 11) is 0. The van der Waals surface area contributed by atoms with E-state index in [0.717, 1.165) is 35.6 Å². The van der Waals surface area contributed by atoms with Crippen LogP contribution in [0.2, 0.25) is 0 Å². The minimum Gasteiger partial charge on any atom is -0.371 e. The highest BCUT2D eigenvalue weighted by Gasteiger charge is 2.24. The molecule has 3 aromatic heterocycles. The highest BCUT2D eigenvalue weighted by atomic mass is 16.5. The number of pyridine rings is 2. The number of para-hydroxylation sites is 1. The van der Waals surface area contributed by atoms with Crippen molar-refractivity contribution in [2.24, 2.45) is 0 Å². The van der Waals surface area contributed by atoms with E-state index < -0.39 is 0 Å². The van der Waals surface area contributed by atoms with Crippen molar-refractivity contribution in [2.45, 2.75) is 19.2 Å². The van der Waals surface area contributed by atoms with Gasteiger partial charge >= 0.3 is 0 Å². The summed E-state index contributed by atoms with van der Waals surface area (Å²) >= 11 is 0. The van der Waals surface area contributed by atoms with Crippen molar-refractivity contribution in [3.05, 3.63) is 66.2 Å². The molecule has 26 heavy (non-hydrogen) atoms. The lowest BCUT2D eigenvalue weighted by molar-refractivity contribution is 0.0561. The third kappa shape index (κ3) is 2.73. The molecule has 0 radical (unpaired) electrons. The second kappa shape index (κ2) is 6.48. The van der Waals surface area contributed by atoms with Gasteiger partial charge in [-0.3, -0.25) is 4.98 Å². The highest BCUT2D eigenvalue weighted by molar-refractivity contribution is 5.78. The zero-order chi connectivity index (χ0) is 17.3. The molecule has 0 saturated heterocycles. The molecule has 0 saturated carbocycles. The van der Waals surface area contributed by atoms with Crippen molar-refractivity contribution in [2.75, 3.05) is 13.2 Å². The van der Waals surface area contributed by atoms with E-state index in [9.17, 15) is 0 Å². The number of hydrogen-bond donors (Lipinski definition) is 1. The predicted octanol–water partition coefficient (Wildman–Crippen LogP) is 2.84. The van der Waals surface area contributed by atoms with Crippen LogP contribution >= 0.6 is 0 Å². The topological polar surface area (TPSA) is 64.9 Å². The Morgan fingerprint density at radius 1 is 1.12 bits per heavy atom. The van der Waals surface area contributed by atoms with E-state index in [1.807, 2.05) is 42.7 Å². The summed E-state index contributed by atoms with van der Waals surface area (Å²) < 4.78 is 7.95. The Balaban J connectivity index is 1.33. The molecule has 130 valence electrons. The molecule has 0 aliphatic carbocycles. The molecule has 5 rings (SSSR count). The van der Waals surface area contributed by atoms with E-state index in [2.05, 4.69) is 37.0 Å². The van der Waals surface area contributed by atoms with Crippen LogP contribution in [0.4, 0.5) is 0 Å². The average Bonchev–Trinajstić information content (AvgIpc) is 3.07. The summed E-state index contributed by atoms with van der Waals surface area (Å²) in [5, 5.41) is 4.70. The van der Waals surface area contributed by atoms with Crippen LogP contribution in [0.15, 0.2) is 54.9 Å². The van der Waals surface area contributed by atoms with Crippen molar-refractivity contribution in [3.63, 3.8) is 0 Å². The Morgan fingerprint density at radius 3 is 3.04 bits per heavy atom. The maximum atomic E-state index is 5.74. The quantitative estimate of drug-likeness (QED) is 0.616.